The summed E-state index contributed by atoms with van der Waals surface area (Å²) in [7, 11) is 1.41. The minimum atomic E-state index is -0.318. The van der Waals surface area contributed by atoms with Gasteiger partial charge in [0, 0.05) is 25.7 Å². The normalized spacial score (nSPS) is 19.4. The first kappa shape index (κ1) is 16.7. The number of hydrogen-bond donors (Lipinski definition) is 1. The standard InChI is InChI=1S/C7H14N2O2.C5H10O2/c1-6-5-9(4-3-8-6)7(10)11-2;1-5(2,3)7-4-6/h6,8H,3-5H2,1-2H3;4H,1-3H3. The Morgan fingerprint density at radius 1 is 1.44 bits per heavy atom. The molecule has 1 unspecified atom stereocenters. The van der Waals surface area contributed by atoms with Gasteiger partial charge in [0.15, 0.2) is 0 Å². The Labute approximate surface area is 109 Å². The molecule has 6 nitrogen and oxygen atoms in total. The molecule has 0 spiro atoms. The van der Waals surface area contributed by atoms with E-state index in [9.17, 15) is 9.59 Å². The van der Waals surface area contributed by atoms with Gasteiger partial charge < -0.3 is 19.7 Å². The van der Waals surface area contributed by atoms with Gasteiger partial charge in [0.05, 0.1) is 7.11 Å². The quantitative estimate of drug-likeness (QED) is 0.712. The second-order valence-electron chi connectivity index (χ2n) is 5.10. The van der Waals surface area contributed by atoms with Gasteiger partial charge in [0.25, 0.3) is 6.47 Å². The highest BCUT2D eigenvalue weighted by atomic mass is 16.5. The Kier molecular flexibility index (Phi) is 7.35. The van der Waals surface area contributed by atoms with E-state index in [1.807, 2.05) is 20.8 Å². The second-order valence-corrected chi connectivity index (χ2v) is 5.10. The van der Waals surface area contributed by atoms with Crippen molar-refractivity contribution in [2.75, 3.05) is 26.7 Å². The topological polar surface area (TPSA) is 67.9 Å². The number of nitrogens with one attached hydrogen (secondary N) is 1. The van der Waals surface area contributed by atoms with Gasteiger partial charge in [-0.2, -0.15) is 0 Å². The van der Waals surface area contributed by atoms with E-state index in [0.717, 1.165) is 19.6 Å². The van der Waals surface area contributed by atoms with Crippen LogP contribution in [0.15, 0.2) is 0 Å². The molecule has 0 aromatic rings. The molecule has 1 N–H and O–H groups in total. The summed E-state index contributed by atoms with van der Waals surface area (Å²) in [5, 5.41) is 3.24. The summed E-state index contributed by atoms with van der Waals surface area (Å²) in [6.07, 6.45) is -0.224. The highest BCUT2D eigenvalue weighted by Gasteiger charge is 2.20. The zero-order valence-electron chi connectivity index (χ0n) is 11.9. The lowest BCUT2D eigenvalue weighted by Gasteiger charge is -2.30. The van der Waals surface area contributed by atoms with Gasteiger partial charge >= 0.3 is 6.09 Å². The maximum atomic E-state index is 11.0. The van der Waals surface area contributed by atoms with Crippen LogP contribution in [0.4, 0.5) is 4.79 Å². The zero-order chi connectivity index (χ0) is 14.2. The van der Waals surface area contributed by atoms with Gasteiger partial charge in [-0.1, -0.05) is 0 Å². The number of carbonyl (C=O) groups excluding carboxylic acids is 2. The Morgan fingerprint density at radius 3 is 2.39 bits per heavy atom. The largest absolute Gasteiger partial charge is 0.462 e. The number of rotatable bonds is 1. The minimum absolute atomic E-state index is 0.224. The fourth-order valence-corrected chi connectivity index (χ4v) is 1.37. The molecular formula is C12H24N2O4. The third kappa shape index (κ3) is 7.89. The van der Waals surface area contributed by atoms with Crippen LogP contribution in [-0.4, -0.2) is 55.9 Å². The van der Waals surface area contributed by atoms with Gasteiger partial charge in [0.2, 0.25) is 0 Å². The molecule has 0 aromatic carbocycles. The first-order valence-corrected chi connectivity index (χ1v) is 5.98. The van der Waals surface area contributed by atoms with Crippen molar-refractivity contribution in [1.29, 1.82) is 0 Å². The van der Waals surface area contributed by atoms with Crippen molar-refractivity contribution in [2.24, 2.45) is 0 Å². The van der Waals surface area contributed by atoms with Crippen LogP contribution in [0.3, 0.4) is 0 Å². The summed E-state index contributed by atoms with van der Waals surface area (Å²) >= 11 is 0. The molecule has 1 atom stereocenters. The summed E-state index contributed by atoms with van der Waals surface area (Å²) in [5.74, 6) is 0. The predicted molar refractivity (Wildman–Crippen MR) is 68.3 cm³/mol. The van der Waals surface area contributed by atoms with E-state index >= 15 is 0 Å². The number of nitrogens with zero attached hydrogens (tertiary/aromatic N) is 1. The minimum Gasteiger partial charge on any atom is -0.462 e. The number of ether oxygens (including phenoxy) is 2. The number of carbonyl (C=O) groups is 2. The fraction of sp³-hybridized carbons (Fsp3) is 0.833. The summed E-state index contributed by atoms with van der Waals surface area (Å²) in [5.41, 5.74) is -0.318. The summed E-state index contributed by atoms with van der Waals surface area (Å²) < 4.78 is 9.15. The van der Waals surface area contributed by atoms with E-state index in [2.05, 4.69) is 21.7 Å². The Balaban J connectivity index is 0.000000360. The van der Waals surface area contributed by atoms with Gasteiger partial charge in [-0.25, -0.2) is 4.79 Å². The summed E-state index contributed by atoms with van der Waals surface area (Å²) in [6.45, 7) is 10.3. The van der Waals surface area contributed by atoms with Crippen molar-refractivity contribution in [3.63, 3.8) is 0 Å². The van der Waals surface area contributed by atoms with Crippen molar-refractivity contribution in [3.8, 4) is 0 Å². The molecule has 18 heavy (non-hydrogen) atoms. The van der Waals surface area contributed by atoms with Crippen LogP contribution in [-0.2, 0) is 14.3 Å². The Bertz CT molecular complexity index is 263. The van der Waals surface area contributed by atoms with Crippen molar-refractivity contribution in [3.05, 3.63) is 0 Å². The van der Waals surface area contributed by atoms with Crippen LogP contribution in [0.1, 0.15) is 27.7 Å². The third-order valence-electron chi connectivity index (χ3n) is 2.20. The molecule has 0 radical (unpaired) electrons. The molecule has 1 amide bonds. The lowest BCUT2D eigenvalue weighted by Crippen LogP contribution is -2.51. The second kappa shape index (κ2) is 7.92. The number of methoxy groups -OCH3 is 1. The van der Waals surface area contributed by atoms with Gasteiger partial charge in [-0.15, -0.1) is 0 Å². The molecule has 1 saturated heterocycles. The van der Waals surface area contributed by atoms with E-state index in [4.69, 9.17) is 0 Å². The zero-order valence-corrected chi connectivity index (χ0v) is 11.9. The van der Waals surface area contributed by atoms with Crippen molar-refractivity contribution in [1.82, 2.24) is 10.2 Å². The molecule has 6 heteroatoms. The van der Waals surface area contributed by atoms with E-state index in [0.29, 0.717) is 12.5 Å². The average molecular weight is 260 g/mol. The lowest BCUT2D eigenvalue weighted by molar-refractivity contribution is -0.138. The Hall–Kier alpha value is -1.30. The summed E-state index contributed by atoms with van der Waals surface area (Å²) in [6, 6.07) is 0.378. The first-order valence-electron chi connectivity index (χ1n) is 5.98. The van der Waals surface area contributed by atoms with Crippen molar-refractivity contribution in [2.45, 2.75) is 39.3 Å². The molecule has 1 heterocycles. The average Bonchev–Trinajstić information content (AvgIpc) is 2.27. The molecule has 1 aliphatic heterocycles. The maximum absolute atomic E-state index is 11.0. The monoisotopic (exact) mass is 260 g/mol. The molecule has 0 aromatic heterocycles. The van der Waals surface area contributed by atoms with Crippen LogP contribution >= 0.6 is 0 Å². The Morgan fingerprint density at radius 2 is 2.06 bits per heavy atom. The van der Waals surface area contributed by atoms with E-state index in [-0.39, 0.29) is 11.7 Å². The third-order valence-corrected chi connectivity index (χ3v) is 2.20. The van der Waals surface area contributed by atoms with Gasteiger partial charge in [0.1, 0.15) is 5.60 Å². The highest BCUT2D eigenvalue weighted by Crippen LogP contribution is 2.02. The smallest absolute Gasteiger partial charge is 0.409 e. The molecule has 1 aliphatic rings. The number of amides is 1. The van der Waals surface area contributed by atoms with E-state index in [1.165, 1.54) is 7.11 Å². The summed E-state index contributed by atoms with van der Waals surface area (Å²) in [4.78, 5) is 22.3. The van der Waals surface area contributed by atoms with Crippen molar-refractivity contribution >= 4 is 12.6 Å². The van der Waals surface area contributed by atoms with Crippen LogP contribution < -0.4 is 5.32 Å². The van der Waals surface area contributed by atoms with Crippen LogP contribution in [0.2, 0.25) is 0 Å². The molecule has 0 aliphatic carbocycles. The van der Waals surface area contributed by atoms with Gasteiger partial charge in [-0.05, 0) is 27.7 Å². The lowest BCUT2D eigenvalue weighted by atomic mass is 10.2. The molecule has 1 rings (SSSR count). The SMILES string of the molecule is CC(C)(C)OC=O.COC(=O)N1CCNC(C)C1. The van der Waals surface area contributed by atoms with Crippen LogP contribution in [0, 0.1) is 0 Å². The molecule has 0 saturated carbocycles. The molecule has 1 fully saturated rings. The van der Waals surface area contributed by atoms with Crippen LogP contribution in [0.25, 0.3) is 0 Å². The number of hydrogen-bond acceptors (Lipinski definition) is 5. The van der Waals surface area contributed by atoms with Crippen molar-refractivity contribution < 1.29 is 19.1 Å². The van der Waals surface area contributed by atoms with E-state index < -0.39 is 0 Å². The maximum Gasteiger partial charge on any atom is 0.409 e. The molecule has 106 valence electrons. The molecule has 0 bridgehead atoms. The fourth-order valence-electron chi connectivity index (χ4n) is 1.37. The highest BCUT2D eigenvalue weighted by molar-refractivity contribution is 5.67. The predicted octanol–water partition coefficient (Wildman–Crippen LogP) is 1.00. The molecular weight excluding hydrogens is 236 g/mol. The van der Waals surface area contributed by atoms with Gasteiger partial charge in [-0.3, -0.25) is 4.79 Å². The number of piperazine rings is 1. The first-order chi connectivity index (χ1) is 8.30. The van der Waals surface area contributed by atoms with Crippen LogP contribution in [0.5, 0.6) is 0 Å². The van der Waals surface area contributed by atoms with E-state index in [1.54, 1.807) is 4.90 Å².